The fourth-order valence-corrected chi connectivity index (χ4v) is 2.32. The summed E-state index contributed by atoms with van der Waals surface area (Å²) < 4.78 is 31.9. The fourth-order valence-electron chi connectivity index (χ4n) is 2.32. The molecule has 1 aromatic carbocycles. The summed E-state index contributed by atoms with van der Waals surface area (Å²) in [6.07, 6.45) is 8.56. The molecule has 180 valence electrons. The monoisotopic (exact) mass is 452 g/mol. The van der Waals surface area contributed by atoms with E-state index in [4.69, 9.17) is 34.2 Å². The fraction of sp³-hybridized carbons (Fsp3) is 0.522. The number of allylic oxidation sites excluding steroid dienone is 2. The lowest BCUT2D eigenvalue weighted by atomic mass is 10.2. The zero-order valence-electron chi connectivity index (χ0n) is 19.0. The molecular formula is C23H36N2O7. The SMILES string of the molecule is COCCOCOc1ccc(C=CC=CC(=O)NCCCCN)cc1OCOCCOC. The van der Waals surface area contributed by atoms with Crippen LogP contribution in [0.1, 0.15) is 18.4 Å². The first-order valence-corrected chi connectivity index (χ1v) is 10.6. The highest BCUT2D eigenvalue weighted by atomic mass is 16.7. The van der Waals surface area contributed by atoms with Crippen molar-refractivity contribution in [2.24, 2.45) is 5.73 Å². The van der Waals surface area contributed by atoms with E-state index in [0.717, 1.165) is 18.4 Å². The predicted molar refractivity (Wildman–Crippen MR) is 123 cm³/mol. The smallest absolute Gasteiger partial charge is 0.243 e. The Hall–Kier alpha value is -2.43. The Kier molecular flexibility index (Phi) is 16.6. The third kappa shape index (κ3) is 13.8. The molecule has 0 fully saturated rings. The molecule has 0 aliphatic heterocycles. The highest BCUT2D eigenvalue weighted by Crippen LogP contribution is 2.29. The van der Waals surface area contributed by atoms with E-state index >= 15 is 0 Å². The number of hydrogen-bond acceptors (Lipinski definition) is 8. The Morgan fingerprint density at radius 2 is 1.62 bits per heavy atom. The van der Waals surface area contributed by atoms with Crippen LogP contribution < -0.4 is 20.5 Å². The van der Waals surface area contributed by atoms with Crippen LogP contribution in [-0.2, 0) is 23.7 Å². The van der Waals surface area contributed by atoms with Gasteiger partial charge >= 0.3 is 0 Å². The zero-order valence-corrected chi connectivity index (χ0v) is 19.0. The van der Waals surface area contributed by atoms with Crippen LogP contribution in [0.5, 0.6) is 11.5 Å². The zero-order chi connectivity index (χ0) is 23.3. The Labute approximate surface area is 190 Å². The molecule has 0 aliphatic carbocycles. The summed E-state index contributed by atoms with van der Waals surface area (Å²) in [6.45, 7) is 3.20. The summed E-state index contributed by atoms with van der Waals surface area (Å²) in [7, 11) is 3.21. The molecule has 0 saturated carbocycles. The summed E-state index contributed by atoms with van der Waals surface area (Å²) in [5.41, 5.74) is 6.30. The Morgan fingerprint density at radius 1 is 0.938 bits per heavy atom. The summed E-state index contributed by atoms with van der Waals surface area (Å²) in [6, 6.07) is 5.49. The minimum absolute atomic E-state index is 0.0572. The van der Waals surface area contributed by atoms with Gasteiger partial charge in [-0.15, -0.1) is 0 Å². The van der Waals surface area contributed by atoms with E-state index in [1.807, 2.05) is 18.2 Å². The molecule has 1 rings (SSSR count). The molecule has 0 atom stereocenters. The molecule has 0 aliphatic rings. The van der Waals surface area contributed by atoms with Crippen molar-refractivity contribution in [3.8, 4) is 11.5 Å². The molecule has 0 unspecified atom stereocenters. The maximum absolute atomic E-state index is 11.7. The van der Waals surface area contributed by atoms with Crippen molar-refractivity contribution in [2.45, 2.75) is 12.8 Å². The van der Waals surface area contributed by atoms with Gasteiger partial charge in [-0.2, -0.15) is 0 Å². The van der Waals surface area contributed by atoms with E-state index in [9.17, 15) is 4.79 Å². The largest absolute Gasteiger partial charge is 0.464 e. The normalized spacial score (nSPS) is 11.3. The number of carbonyl (C=O) groups excluding carboxylic acids is 1. The molecule has 3 N–H and O–H groups in total. The first-order valence-electron chi connectivity index (χ1n) is 10.6. The van der Waals surface area contributed by atoms with Gasteiger partial charge < -0.3 is 39.5 Å². The van der Waals surface area contributed by atoms with Gasteiger partial charge in [-0.1, -0.05) is 24.3 Å². The van der Waals surface area contributed by atoms with Crippen molar-refractivity contribution < 1.29 is 33.2 Å². The molecular weight excluding hydrogens is 416 g/mol. The van der Waals surface area contributed by atoms with Crippen molar-refractivity contribution in [1.29, 1.82) is 0 Å². The lowest BCUT2D eigenvalue weighted by Gasteiger charge is -2.14. The van der Waals surface area contributed by atoms with Gasteiger partial charge in [-0.05, 0) is 37.1 Å². The molecule has 0 heterocycles. The Morgan fingerprint density at radius 3 is 2.28 bits per heavy atom. The number of hydrogen-bond donors (Lipinski definition) is 2. The lowest BCUT2D eigenvalue weighted by molar-refractivity contribution is -0.116. The standard InChI is InChI=1S/C23H36N2O7/c1-27-13-15-29-18-31-21-10-9-20(17-22(21)32-19-30-16-14-28-2)7-3-4-8-23(26)25-12-6-5-11-24/h3-4,7-10,17H,5-6,11-16,18-19,24H2,1-2H3,(H,25,26). The molecule has 0 aromatic heterocycles. The summed E-state index contributed by atoms with van der Waals surface area (Å²) >= 11 is 0. The van der Waals surface area contributed by atoms with Crippen LogP contribution in [0.4, 0.5) is 0 Å². The van der Waals surface area contributed by atoms with E-state index in [0.29, 0.717) is 51.0 Å². The number of unbranched alkanes of at least 4 members (excludes halogenated alkanes) is 1. The quantitative estimate of drug-likeness (QED) is 0.142. The van der Waals surface area contributed by atoms with Crippen molar-refractivity contribution in [3.05, 3.63) is 42.0 Å². The number of amides is 1. The van der Waals surface area contributed by atoms with Crippen LogP contribution in [0, 0.1) is 0 Å². The van der Waals surface area contributed by atoms with E-state index < -0.39 is 0 Å². The van der Waals surface area contributed by atoms with Gasteiger partial charge in [0.15, 0.2) is 25.1 Å². The van der Waals surface area contributed by atoms with Crippen molar-refractivity contribution in [2.75, 3.05) is 67.3 Å². The number of rotatable bonds is 19. The van der Waals surface area contributed by atoms with Gasteiger partial charge in [-0.25, -0.2) is 0 Å². The number of carbonyl (C=O) groups is 1. The van der Waals surface area contributed by atoms with Gasteiger partial charge in [0.2, 0.25) is 5.91 Å². The Balaban J connectivity index is 2.63. The van der Waals surface area contributed by atoms with Gasteiger partial charge in [0, 0.05) is 26.8 Å². The first kappa shape index (κ1) is 27.6. The number of nitrogens with two attached hydrogens (primary N) is 1. The van der Waals surface area contributed by atoms with E-state index in [1.54, 1.807) is 32.4 Å². The Bertz CT molecular complexity index is 680. The van der Waals surface area contributed by atoms with Crippen LogP contribution in [0.15, 0.2) is 36.4 Å². The van der Waals surface area contributed by atoms with Crippen molar-refractivity contribution in [1.82, 2.24) is 5.32 Å². The predicted octanol–water partition coefficient (Wildman–Crippen LogP) is 2.11. The van der Waals surface area contributed by atoms with Gasteiger partial charge in [0.05, 0.1) is 26.4 Å². The molecule has 9 nitrogen and oxygen atoms in total. The van der Waals surface area contributed by atoms with Gasteiger partial charge in [-0.3, -0.25) is 4.79 Å². The van der Waals surface area contributed by atoms with Gasteiger partial charge in [0.1, 0.15) is 0 Å². The highest BCUT2D eigenvalue weighted by molar-refractivity contribution is 5.87. The second kappa shape index (κ2) is 19.3. The molecule has 0 radical (unpaired) electrons. The topological polar surface area (TPSA) is 111 Å². The van der Waals surface area contributed by atoms with E-state index in [-0.39, 0.29) is 19.5 Å². The number of benzene rings is 1. The average molecular weight is 453 g/mol. The number of ether oxygens (including phenoxy) is 6. The number of nitrogens with one attached hydrogen (secondary N) is 1. The summed E-state index contributed by atoms with van der Waals surface area (Å²) in [4.78, 5) is 11.7. The molecule has 0 saturated heterocycles. The third-order valence-corrected chi connectivity index (χ3v) is 4.00. The van der Waals surface area contributed by atoms with Crippen LogP contribution >= 0.6 is 0 Å². The number of methoxy groups -OCH3 is 2. The van der Waals surface area contributed by atoms with Crippen molar-refractivity contribution >= 4 is 12.0 Å². The minimum atomic E-state index is -0.138. The lowest BCUT2D eigenvalue weighted by Crippen LogP contribution is -2.22. The summed E-state index contributed by atoms with van der Waals surface area (Å²) in [5, 5.41) is 2.81. The second-order valence-electron chi connectivity index (χ2n) is 6.54. The first-order chi connectivity index (χ1) is 15.7. The average Bonchev–Trinajstić information content (AvgIpc) is 2.80. The van der Waals surface area contributed by atoms with Crippen LogP contribution in [0.25, 0.3) is 6.08 Å². The summed E-state index contributed by atoms with van der Waals surface area (Å²) in [5.74, 6) is 0.907. The van der Waals surface area contributed by atoms with Crippen LogP contribution in [0.3, 0.4) is 0 Å². The molecule has 1 amide bonds. The molecule has 9 heteroatoms. The van der Waals surface area contributed by atoms with Crippen LogP contribution in [-0.4, -0.2) is 73.2 Å². The molecule has 0 bridgehead atoms. The molecule has 1 aromatic rings. The minimum Gasteiger partial charge on any atom is -0.464 e. The van der Waals surface area contributed by atoms with Gasteiger partial charge in [0.25, 0.3) is 0 Å². The van der Waals surface area contributed by atoms with Crippen molar-refractivity contribution in [3.63, 3.8) is 0 Å². The third-order valence-electron chi connectivity index (χ3n) is 4.00. The maximum atomic E-state index is 11.7. The van der Waals surface area contributed by atoms with E-state index in [1.165, 1.54) is 6.08 Å². The maximum Gasteiger partial charge on any atom is 0.243 e. The molecule has 32 heavy (non-hydrogen) atoms. The van der Waals surface area contributed by atoms with E-state index in [2.05, 4.69) is 5.32 Å². The molecule has 0 spiro atoms. The van der Waals surface area contributed by atoms with Crippen LogP contribution in [0.2, 0.25) is 0 Å². The highest BCUT2D eigenvalue weighted by Gasteiger charge is 2.07. The second-order valence-corrected chi connectivity index (χ2v) is 6.54.